The first-order valence-corrected chi connectivity index (χ1v) is 11.2. The highest BCUT2D eigenvalue weighted by molar-refractivity contribution is 6.46. The van der Waals surface area contributed by atoms with Crippen LogP contribution in [0.15, 0.2) is 54.1 Å². The molecule has 1 atom stereocenters. The van der Waals surface area contributed by atoms with E-state index in [1.165, 1.54) is 12.0 Å². The number of benzene rings is 2. The van der Waals surface area contributed by atoms with Crippen LogP contribution in [0.1, 0.15) is 43.9 Å². The lowest BCUT2D eigenvalue weighted by Gasteiger charge is -2.25. The second-order valence-electron chi connectivity index (χ2n) is 7.72. The number of likely N-dealkylation sites (tertiary alicyclic amines) is 1. The number of Topliss-reactive ketones (excluding diaryl/α,β-unsaturated/α-hetero) is 1. The maximum atomic E-state index is 13.0. The molecule has 0 spiro atoms. The number of amides is 1. The van der Waals surface area contributed by atoms with E-state index in [2.05, 4.69) is 6.92 Å². The molecule has 1 heterocycles. The predicted octanol–water partition coefficient (Wildman–Crippen LogP) is 4.33. The molecule has 1 saturated heterocycles. The van der Waals surface area contributed by atoms with Gasteiger partial charge in [-0.2, -0.15) is 0 Å². The summed E-state index contributed by atoms with van der Waals surface area (Å²) in [4.78, 5) is 27.4. The fraction of sp³-hybridized carbons (Fsp3) is 0.385. The van der Waals surface area contributed by atoms with Crippen molar-refractivity contribution in [2.45, 2.75) is 32.7 Å². The quantitative estimate of drug-likeness (QED) is 0.236. The van der Waals surface area contributed by atoms with Crippen molar-refractivity contribution in [1.82, 2.24) is 4.90 Å². The van der Waals surface area contributed by atoms with Gasteiger partial charge < -0.3 is 24.2 Å². The number of methoxy groups -OCH3 is 1. The van der Waals surface area contributed by atoms with E-state index in [-0.39, 0.29) is 24.5 Å². The number of carbonyl (C=O) groups excluding carboxylic acids is 2. The van der Waals surface area contributed by atoms with Crippen molar-refractivity contribution in [3.63, 3.8) is 0 Å². The van der Waals surface area contributed by atoms with Crippen LogP contribution in [-0.4, -0.2) is 55.2 Å². The number of hydrogen-bond donors (Lipinski definition) is 1. The Bertz CT molecular complexity index is 998. The number of carbonyl (C=O) groups is 2. The molecule has 176 valence electrons. The van der Waals surface area contributed by atoms with Crippen LogP contribution in [0.5, 0.6) is 11.5 Å². The van der Waals surface area contributed by atoms with E-state index < -0.39 is 17.7 Å². The first-order valence-electron chi connectivity index (χ1n) is 11.2. The molecule has 1 aliphatic rings. The topological polar surface area (TPSA) is 85.3 Å². The zero-order valence-corrected chi connectivity index (χ0v) is 19.4. The van der Waals surface area contributed by atoms with Crippen molar-refractivity contribution >= 4 is 17.4 Å². The Labute approximate surface area is 194 Å². The molecule has 0 saturated carbocycles. The monoisotopic (exact) mass is 453 g/mol. The van der Waals surface area contributed by atoms with Crippen LogP contribution in [0.2, 0.25) is 0 Å². The van der Waals surface area contributed by atoms with E-state index in [0.29, 0.717) is 35.8 Å². The fourth-order valence-corrected chi connectivity index (χ4v) is 3.78. The van der Waals surface area contributed by atoms with Gasteiger partial charge in [-0.3, -0.25) is 9.59 Å². The summed E-state index contributed by atoms with van der Waals surface area (Å²) in [7, 11) is 1.53. The Balaban J connectivity index is 2.04. The normalized spacial score (nSPS) is 17.4. The number of ether oxygens (including phenoxy) is 3. The fourth-order valence-electron chi connectivity index (χ4n) is 3.78. The van der Waals surface area contributed by atoms with E-state index in [1.807, 2.05) is 6.92 Å². The number of unbranched alkanes of at least 4 members (excludes halogenated alkanes) is 1. The maximum absolute atomic E-state index is 13.0. The van der Waals surface area contributed by atoms with Gasteiger partial charge in [0.1, 0.15) is 17.3 Å². The average Bonchev–Trinajstić information content (AvgIpc) is 3.08. The van der Waals surface area contributed by atoms with Gasteiger partial charge in [0.05, 0.1) is 31.4 Å². The lowest BCUT2D eigenvalue weighted by molar-refractivity contribution is -0.140. The third kappa shape index (κ3) is 5.54. The first kappa shape index (κ1) is 24.3. The highest BCUT2D eigenvalue weighted by Crippen LogP contribution is 2.40. The minimum absolute atomic E-state index is 0.0472. The number of nitrogens with zero attached hydrogens (tertiary/aromatic N) is 1. The molecule has 1 unspecified atom stereocenters. The van der Waals surface area contributed by atoms with Gasteiger partial charge in [-0.15, -0.1) is 0 Å². The van der Waals surface area contributed by atoms with Crippen molar-refractivity contribution in [3.8, 4) is 11.5 Å². The van der Waals surface area contributed by atoms with Gasteiger partial charge in [0.2, 0.25) is 0 Å². The Hall–Kier alpha value is -3.32. The molecule has 0 aliphatic carbocycles. The third-order valence-electron chi connectivity index (χ3n) is 5.46. The predicted molar refractivity (Wildman–Crippen MR) is 125 cm³/mol. The van der Waals surface area contributed by atoms with Crippen LogP contribution in [0, 0.1) is 0 Å². The lowest BCUT2D eigenvalue weighted by atomic mass is 9.95. The van der Waals surface area contributed by atoms with Crippen molar-refractivity contribution < 1.29 is 28.9 Å². The van der Waals surface area contributed by atoms with Crippen LogP contribution in [0.25, 0.3) is 5.76 Å². The Kier molecular flexibility index (Phi) is 8.49. The summed E-state index contributed by atoms with van der Waals surface area (Å²) in [6.07, 6.45) is 1.92. The van der Waals surface area contributed by atoms with Crippen LogP contribution in [-0.2, 0) is 14.3 Å². The smallest absolute Gasteiger partial charge is 0.295 e. The summed E-state index contributed by atoms with van der Waals surface area (Å²) in [6, 6.07) is 13.4. The first-order chi connectivity index (χ1) is 16.0. The molecule has 7 heteroatoms. The number of aliphatic hydroxyl groups is 1. The summed E-state index contributed by atoms with van der Waals surface area (Å²) < 4.78 is 16.4. The number of rotatable bonds is 11. The van der Waals surface area contributed by atoms with Crippen molar-refractivity contribution in [3.05, 3.63) is 65.2 Å². The molecule has 1 N–H and O–H groups in total. The van der Waals surface area contributed by atoms with E-state index in [9.17, 15) is 14.7 Å². The minimum atomic E-state index is -0.736. The Morgan fingerprint density at radius 2 is 1.76 bits per heavy atom. The number of ketones is 1. The second-order valence-corrected chi connectivity index (χ2v) is 7.72. The van der Waals surface area contributed by atoms with Gasteiger partial charge >= 0.3 is 0 Å². The van der Waals surface area contributed by atoms with Crippen molar-refractivity contribution in [2.24, 2.45) is 0 Å². The minimum Gasteiger partial charge on any atom is -0.507 e. The van der Waals surface area contributed by atoms with Gasteiger partial charge in [-0.05, 0) is 43.2 Å². The molecule has 3 rings (SSSR count). The van der Waals surface area contributed by atoms with Gasteiger partial charge in [-0.25, -0.2) is 0 Å². The van der Waals surface area contributed by atoms with Gasteiger partial charge in [0, 0.05) is 19.2 Å². The molecule has 0 bridgehead atoms. The SMILES string of the molecule is CCCCOc1cccc(C(O)=C2C(=O)C(=O)N(CCOC)C2c2ccc(OCC)cc2)c1. The number of aliphatic hydroxyl groups excluding tert-OH is 1. The summed E-state index contributed by atoms with van der Waals surface area (Å²) in [5.41, 5.74) is 1.17. The second kappa shape index (κ2) is 11.5. The molecule has 0 aromatic heterocycles. The van der Waals surface area contributed by atoms with Crippen LogP contribution < -0.4 is 9.47 Å². The summed E-state index contributed by atoms with van der Waals surface area (Å²) in [5.74, 6) is -0.332. The molecule has 1 amide bonds. The number of hydrogen-bond acceptors (Lipinski definition) is 6. The summed E-state index contributed by atoms with van der Waals surface area (Å²) in [5, 5.41) is 11.2. The highest BCUT2D eigenvalue weighted by atomic mass is 16.5. The van der Waals surface area contributed by atoms with E-state index in [0.717, 1.165) is 12.8 Å². The summed E-state index contributed by atoms with van der Waals surface area (Å²) in [6.45, 7) is 5.55. The van der Waals surface area contributed by atoms with Gasteiger partial charge in [0.25, 0.3) is 11.7 Å². The van der Waals surface area contributed by atoms with Gasteiger partial charge in [-0.1, -0.05) is 37.6 Å². The van der Waals surface area contributed by atoms with Gasteiger partial charge in [0.15, 0.2) is 0 Å². The largest absolute Gasteiger partial charge is 0.507 e. The third-order valence-corrected chi connectivity index (χ3v) is 5.46. The van der Waals surface area contributed by atoms with E-state index in [4.69, 9.17) is 14.2 Å². The molecular weight excluding hydrogens is 422 g/mol. The Morgan fingerprint density at radius 1 is 1.00 bits per heavy atom. The molecule has 0 radical (unpaired) electrons. The van der Waals surface area contributed by atoms with Crippen LogP contribution in [0.4, 0.5) is 0 Å². The molecule has 2 aromatic rings. The standard InChI is InChI=1S/C26H31NO6/c1-4-6-15-33-21-9-7-8-19(17-21)24(28)22-23(18-10-12-20(13-11-18)32-5-2)27(14-16-31-3)26(30)25(22)29/h7-13,17,23,28H,4-6,14-16H2,1-3H3. The maximum Gasteiger partial charge on any atom is 0.295 e. The highest BCUT2D eigenvalue weighted by Gasteiger charge is 2.45. The summed E-state index contributed by atoms with van der Waals surface area (Å²) >= 11 is 0. The zero-order chi connectivity index (χ0) is 23.8. The van der Waals surface area contributed by atoms with E-state index >= 15 is 0 Å². The molecule has 7 nitrogen and oxygen atoms in total. The van der Waals surface area contributed by atoms with E-state index in [1.54, 1.807) is 48.5 Å². The zero-order valence-electron chi connectivity index (χ0n) is 19.4. The molecule has 1 aliphatic heterocycles. The van der Waals surface area contributed by atoms with Crippen molar-refractivity contribution in [2.75, 3.05) is 33.5 Å². The Morgan fingerprint density at radius 3 is 2.42 bits per heavy atom. The average molecular weight is 454 g/mol. The molecule has 33 heavy (non-hydrogen) atoms. The van der Waals surface area contributed by atoms with Crippen LogP contribution in [0.3, 0.4) is 0 Å². The van der Waals surface area contributed by atoms with Crippen molar-refractivity contribution in [1.29, 1.82) is 0 Å². The molecular formula is C26H31NO6. The molecule has 1 fully saturated rings. The van der Waals surface area contributed by atoms with Crippen LogP contribution >= 0.6 is 0 Å². The molecule has 2 aromatic carbocycles. The lowest BCUT2D eigenvalue weighted by Crippen LogP contribution is -2.32.